The fourth-order valence-electron chi connectivity index (χ4n) is 4.52. The average Bonchev–Trinajstić information content (AvgIpc) is 3.43. The van der Waals surface area contributed by atoms with Crippen molar-refractivity contribution in [3.63, 3.8) is 0 Å². The molecule has 0 bridgehead atoms. The van der Waals surface area contributed by atoms with Gasteiger partial charge in [-0.15, -0.1) is 11.3 Å². The summed E-state index contributed by atoms with van der Waals surface area (Å²) in [6.07, 6.45) is 7.47. The summed E-state index contributed by atoms with van der Waals surface area (Å²) in [6.45, 7) is 3.43. The summed E-state index contributed by atoms with van der Waals surface area (Å²) in [6, 6.07) is 11.3. The minimum absolute atomic E-state index is 0.0998. The zero-order valence-electron chi connectivity index (χ0n) is 20.6. The molecule has 2 unspecified atom stereocenters. The van der Waals surface area contributed by atoms with E-state index in [1.165, 1.54) is 25.4 Å². The highest BCUT2D eigenvalue weighted by molar-refractivity contribution is 7.13. The number of aryl methyl sites for hydroxylation is 1. The standard InChI is InChI=1S/C28H34O6S/c1-4-5-6-10-23(30)19-11-13-20(14-12-19)26-21(17-24(27(26)31)34-18(2)29)8-7-9-22-15-16-25(35-22)28(32)33-3/h11-17,21,23,26,30H,4-10H2,1-3H3/t21?,23?,26-/m1/s1. The first-order valence-corrected chi connectivity index (χ1v) is 13.0. The molecule has 0 amide bonds. The van der Waals surface area contributed by atoms with Crippen molar-refractivity contribution in [2.45, 2.75) is 70.8 Å². The van der Waals surface area contributed by atoms with Crippen molar-refractivity contribution >= 4 is 29.1 Å². The molecule has 3 rings (SSSR count). The van der Waals surface area contributed by atoms with Crippen molar-refractivity contribution in [2.24, 2.45) is 5.92 Å². The molecule has 188 valence electrons. The van der Waals surface area contributed by atoms with Crippen molar-refractivity contribution < 1.29 is 29.0 Å². The van der Waals surface area contributed by atoms with Crippen LogP contribution in [0.2, 0.25) is 0 Å². The summed E-state index contributed by atoms with van der Waals surface area (Å²) in [5.74, 6) is -1.45. The third kappa shape index (κ3) is 7.12. The van der Waals surface area contributed by atoms with Gasteiger partial charge in [-0.1, -0.05) is 50.5 Å². The molecule has 1 aliphatic carbocycles. The lowest BCUT2D eigenvalue weighted by atomic mass is 9.84. The summed E-state index contributed by atoms with van der Waals surface area (Å²) < 4.78 is 9.98. The van der Waals surface area contributed by atoms with Gasteiger partial charge in [-0.3, -0.25) is 9.59 Å². The van der Waals surface area contributed by atoms with Gasteiger partial charge in [0.2, 0.25) is 5.78 Å². The van der Waals surface area contributed by atoms with Gasteiger partial charge >= 0.3 is 11.9 Å². The molecular formula is C28H34O6S. The van der Waals surface area contributed by atoms with Crippen LogP contribution in [-0.2, 0) is 25.5 Å². The number of carbonyl (C=O) groups excluding carboxylic acids is 3. The van der Waals surface area contributed by atoms with Gasteiger partial charge in [0.25, 0.3) is 0 Å². The number of rotatable bonds is 12. The summed E-state index contributed by atoms with van der Waals surface area (Å²) in [7, 11) is 1.37. The van der Waals surface area contributed by atoms with Gasteiger partial charge in [-0.2, -0.15) is 0 Å². The lowest BCUT2D eigenvalue weighted by molar-refractivity contribution is -0.140. The van der Waals surface area contributed by atoms with Gasteiger partial charge in [-0.05, 0) is 60.9 Å². The second kappa shape index (κ2) is 12.8. The van der Waals surface area contributed by atoms with Crippen LogP contribution in [0.4, 0.5) is 0 Å². The van der Waals surface area contributed by atoms with Crippen LogP contribution in [0.15, 0.2) is 48.2 Å². The average molecular weight is 499 g/mol. The Bertz CT molecular complexity index is 1050. The second-order valence-electron chi connectivity index (χ2n) is 8.96. The predicted molar refractivity (Wildman–Crippen MR) is 135 cm³/mol. The number of thiophene rings is 1. The number of unbranched alkanes of at least 4 members (excludes halogenated alkanes) is 2. The van der Waals surface area contributed by atoms with Gasteiger partial charge in [0.05, 0.1) is 19.1 Å². The number of benzene rings is 1. The van der Waals surface area contributed by atoms with Crippen LogP contribution in [-0.4, -0.2) is 29.9 Å². The molecule has 3 atom stereocenters. The molecule has 7 heteroatoms. The molecule has 0 radical (unpaired) electrons. The van der Waals surface area contributed by atoms with Crippen molar-refractivity contribution in [1.82, 2.24) is 0 Å². The Balaban J connectivity index is 1.69. The zero-order chi connectivity index (χ0) is 25.4. The van der Waals surface area contributed by atoms with Gasteiger partial charge in [0, 0.05) is 11.8 Å². The maximum absolute atomic E-state index is 13.1. The SMILES string of the molecule is CCCCCC(O)c1ccc([C@H]2C(=O)C(OC(C)=O)=CC2CCCc2ccc(C(=O)OC)s2)cc1. The van der Waals surface area contributed by atoms with Crippen LogP contribution >= 0.6 is 11.3 Å². The zero-order valence-corrected chi connectivity index (χ0v) is 21.4. The highest BCUT2D eigenvalue weighted by Gasteiger charge is 2.38. The van der Waals surface area contributed by atoms with E-state index in [1.54, 1.807) is 12.1 Å². The third-order valence-corrected chi connectivity index (χ3v) is 7.47. The molecule has 0 spiro atoms. The Morgan fingerprint density at radius 3 is 2.49 bits per heavy atom. The fraction of sp³-hybridized carbons (Fsp3) is 0.464. The number of ether oxygens (including phenoxy) is 2. The number of Topliss-reactive ketones (excluding diaryl/α,β-unsaturated/α-hetero) is 1. The van der Waals surface area contributed by atoms with Crippen LogP contribution in [0.1, 0.15) is 90.1 Å². The molecule has 1 aromatic heterocycles. The Morgan fingerprint density at radius 2 is 1.83 bits per heavy atom. The number of ketones is 1. The van der Waals surface area contributed by atoms with Crippen molar-refractivity contribution in [2.75, 3.05) is 7.11 Å². The molecule has 0 saturated carbocycles. The van der Waals surface area contributed by atoms with Crippen molar-refractivity contribution in [1.29, 1.82) is 0 Å². The van der Waals surface area contributed by atoms with E-state index < -0.39 is 18.0 Å². The van der Waals surface area contributed by atoms with Crippen LogP contribution in [0.25, 0.3) is 0 Å². The molecule has 2 aromatic rings. The molecule has 1 aromatic carbocycles. The topological polar surface area (TPSA) is 89.9 Å². The van der Waals surface area contributed by atoms with Gasteiger partial charge in [0.1, 0.15) is 4.88 Å². The Hall–Kier alpha value is -2.77. The number of carbonyl (C=O) groups is 3. The molecule has 35 heavy (non-hydrogen) atoms. The highest BCUT2D eigenvalue weighted by atomic mass is 32.1. The van der Waals surface area contributed by atoms with E-state index in [9.17, 15) is 19.5 Å². The van der Waals surface area contributed by atoms with E-state index in [0.717, 1.165) is 60.9 Å². The molecule has 0 aliphatic heterocycles. The van der Waals surface area contributed by atoms with Crippen LogP contribution in [0.3, 0.4) is 0 Å². The Labute approximate surface area is 211 Å². The lowest BCUT2D eigenvalue weighted by Gasteiger charge is -2.19. The van der Waals surface area contributed by atoms with Gasteiger partial charge < -0.3 is 14.6 Å². The molecule has 6 nitrogen and oxygen atoms in total. The summed E-state index contributed by atoms with van der Waals surface area (Å²) >= 11 is 1.42. The number of esters is 2. The minimum Gasteiger partial charge on any atom is -0.465 e. The second-order valence-corrected chi connectivity index (χ2v) is 10.1. The Morgan fingerprint density at radius 1 is 1.09 bits per heavy atom. The molecule has 1 aliphatic rings. The van der Waals surface area contributed by atoms with Crippen LogP contribution < -0.4 is 0 Å². The number of hydrogen-bond donors (Lipinski definition) is 1. The van der Waals surface area contributed by atoms with Gasteiger partial charge in [-0.25, -0.2) is 4.79 Å². The first-order chi connectivity index (χ1) is 16.8. The van der Waals surface area contributed by atoms with E-state index >= 15 is 0 Å². The smallest absolute Gasteiger partial charge is 0.348 e. The summed E-state index contributed by atoms with van der Waals surface area (Å²) in [4.78, 5) is 38.0. The van der Waals surface area contributed by atoms with Crippen molar-refractivity contribution in [3.8, 4) is 0 Å². The maximum Gasteiger partial charge on any atom is 0.348 e. The fourth-order valence-corrected chi connectivity index (χ4v) is 5.49. The largest absolute Gasteiger partial charge is 0.465 e. The number of aliphatic hydroxyl groups is 1. The van der Waals surface area contributed by atoms with Crippen LogP contribution in [0, 0.1) is 5.92 Å². The monoisotopic (exact) mass is 498 g/mol. The molecular weight excluding hydrogens is 464 g/mol. The first-order valence-electron chi connectivity index (χ1n) is 12.2. The molecule has 0 saturated heterocycles. The number of hydrogen-bond acceptors (Lipinski definition) is 7. The highest BCUT2D eigenvalue weighted by Crippen LogP contribution is 2.40. The Kier molecular flexibility index (Phi) is 9.81. The van der Waals surface area contributed by atoms with E-state index in [2.05, 4.69) is 6.92 Å². The lowest BCUT2D eigenvalue weighted by Crippen LogP contribution is -2.17. The van der Waals surface area contributed by atoms with Gasteiger partial charge in [0.15, 0.2) is 5.76 Å². The molecule has 1 N–H and O–H groups in total. The third-order valence-electron chi connectivity index (χ3n) is 6.34. The van der Waals surface area contributed by atoms with E-state index in [4.69, 9.17) is 9.47 Å². The van der Waals surface area contributed by atoms with E-state index in [-0.39, 0.29) is 23.4 Å². The number of aliphatic hydroxyl groups excluding tert-OH is 1. The molecule has 1 heterocycles. The van der Waals surface area contributed by atoms with Crippen LogP contribution in [0.5, 0.6) is 0 Å². The van der Waals surface area contributed by atoms with Crippen molar-refractivity contribution in [3.05, 3.63) is 69.1 Å². The van der Waals surface area contributed by atoms with E-state index in [1.807, 2.05) is 30.3 Å². The summed E-state index contributed by atoms with van der Waals surface area (Å²) in [5, 5.41) is 10.5. The predicted octanol–water partition coefficient (Wildman–Crippen LogP) is 5.90. The van der Waals surface area contributed by atoms with E-state index in [0.29, 0.717) is 4.88 Å². The quantitative estimate of drug-likeness (QED) is 0.289. The molecule has 0 fully saturated rings. The number of allylic oxidation sites excluding steroid dienone is 2. The maximum atomic E-state index is 13.1. The normalized spacial score (nSPS) is 18.3. The number of methoxy groups -OCH3 is 1. The first kappa shape index (κ1) is 26.8. The minimum atomic E-state index is -0.513. The summed E-state index contributed by atoms with van der Waals surface area (Å²) in [5.41, 5.74) is 1.70.